The number of carbonyl (C=O) groups is 1. The molecule has 1 rings (SSSR count). The molecule has 1 heterocycles. The molecule has 1 fully saturated rings. The van der Waals surface area contributed by atoms with Gasteiger partial charge in [-0.1, -0.05) is 6.42 Å². The number of rotatable bonds is 6. The maximum absolute atomic E-state index is 11.5. The van der Waals surface area contributed by atoms with Crippen LogP contribution in [0.5, 0.6) is 0 Å². The van der Waals surface area contributed by atoms with Gasteiger partial charge in [0.2, 0.25) is 5.91 Å². The summed E-state index contributed by atoms with van der Waals surface area (Å²) in [6.07, 6.45) is 4.03. The Kier molecular flexibility index (Phi) is 6.52. The van der Waals surface area contributed by atoms with Crippen molar-refractivity contribution in [3.05, 3.63) is 0 Å². The first-order valence-electron chi connectivity index (χ1n) is 6.72. The van der Waals surface area contributed by atoms with Gasteiger partial charge in [0.05, 0.1) is 6.10 Å². The lowest BCUT2D eigenvalue weighted by Crippen LogP contribution is -2.45. The fourth-order valence-corrected chi connectivity index (χ4v) is 2.04. The van der Waals surface area contributed by atoms with Crippen molar-refractivity contribution < 1.29 is 9.53 Å². The van der Waals surface area contributed by atoms with Crippen molar-refractivity contribution >= 4 is 5.91 Å². The SMILES string of the molecule is CC(C)OCC(=O)NCC(C)N1CCCCC1. The highest BCUT2D eigenvalue weighted by molar-refractivity contribution is 5.77. The molecule has 0 radical (unpaired) electrons. The number of hydrogen-bond donors (Lipinski definition) is 1. The van der Waals surface area contributed by atoms with Gasteiger partial charge in [-0.15, -0.1) is 0 Å². The van der Waals surface area contributed by atoms with Crippen LogP contribution in [-0.2, 0) is 9.53 Å². The maximum atomic E-state index is 11.5. The number of nitrogens with one attached hydrogen (secondary N) is 1. The van der Waals surface area contributed by atoms with Gasteiger partial charge in [-0.25, -0.2) is 0 Å². The van der Waals surface area contributed by atoms with Crippen molar-refractivity contribution in [3.63, 3.8) is 0 Å². The smallest absolute Gasteiger partial charge is 0.246 e. The molecule has 0 spiro atoms. The van der Waals surface area contributed by atoms with Crippen LogP contribution in [0.3, 0.4) is 0 Å². The molecule has 1 amide bonds. The molecular weight excluding hydrogens is 216 g/mol. The van der Waals surface area contributed by atoms with Crippen molar-refractivity contribution in [2.45, 2.75) is 52.2 Å². The van der Waals surface area contributed by atoms with Gasteiger partial charge < -0.3 is 10.1 Å². The van der Waals surface area contributed by atoms with E-state index in [0.717, 1.165) is 6.54 Å². The predicted octanol–water partition coefficient (Wildman–Crippen LogP) is 1.40. The van der Waals surface area contributed by atoms with Crippen LogP contribution in [0.4, 0.5) is 0 Å². The zero-order chi connectivity index (χ0) is 12.7. The van der Waals surface area contributed by atoms with E-state index in [4.69, 9.17) is 4.74 Å². The van der Waals surface area contributed by atoms with E-state index in [1.807, 2.05) is 13.8 Å². The topological polar surface area (TPSA) is 41.6 Å². The number of carbonyl (C=O) groups excluding carboxylic acids is 1. The first kappa shape index (κ1) is 14.5. The number of nitrogens with zero attached hydrogens (tertiary/aromatic N) is 1. The van der Waals surface area contributed by atoms with Crippen molar-refractivity contribution in [2.24, 2.45) is 0 Å². The zero-order valence-corrected chi connectivity index (χ0v) is 11.4. The Hall–Kier alpha value is -0.610. The minimum absolute atomic E-state index is 0.0115. The van der Waals surface area contributed by atoms with Crippen molar-refractivity contribution in [1.29, 1.82) is 0 Å². The van der Waals surface area contributed by atoms with E-state index in [9.17, 15) is 4.79 Å². The second-order valence-corrected chi connectivity index (χ2v) is 5.11. The van der Waals surface area contributed by atoms with Crippen LogP contribution in [-0.4, -0.2) is 49.2 Å². The Bertz CT molecular complexity index is 225. The number of piperidine rings is 1. The molecule has 0 bridgehead atoms. The standard InChI is InChI=1S/C13H26N2O2/c1-11(2)17-10-13(16)14-9-12(3)15-7-5-4-6-8-15/h11-12H,4-10H2,1-3H3,(H,14,16). The van der Waals surface area contributed by atoms with Crippen molar-refractivity contribution in [1.82, 2.24) is 10.2 Å². The summed E-state index contributed by atoms with van der Waals surface area (Å²) in [7, 11) is 0. The van der Waals surface area contributed by atoms with Gasteiger partial charge in [-0.3, -0.25) is 9.69 Å². The molecule has 1 N–H and O–H groups in total. The van der Waals surface area contributed by atoms with Gasteiger partial charge in [-0.05, 0) is 46.7 Å². The van der Waals surface area contributed by atoms with Gasteiger partial charge in [0, 0.05) is 12.6 Å². The third-order valence-electron chi connectivity index (χ3n) is 3.16. The van der Waals surface area contributed by atoms with Crippen LogP contribution in [0.15, 0.2) is 0 Å². The second-order valence-electron chi connectivity index (χ2n) is 5.11. The van der Waals surface area contributed by atoms with E-state index >= 15 is 0 Å². The largest absolute Gasteiger partial charge is 0.369 e. The van der Waals surface area contributed by atoms with E-state index in [2.05, 4.69) is 17.1 Å². The third kappa shape index (κ3) is 6.03. The van der Waals surface area contributed by atoms with Crippen molar-refractivity contribution in [3.8, 4) is 0 Å². The third-order valence-corrected chi connectivity index (χ3v) is 3.16. The monoisotopic (exact) mass is 242 g/mol. The Morgan fingerprint density at radius 2 is 1.88 bits per heavy atom. The van der Waals surface area contributed by atoms with Crippen LogP contribution in [0.25, 0.3) is 0 Å². The normalized spacial score (nSPS) is 19.3. The Morgan fingerprint density at radius 1 is 1.24 bits per heavy atom. The summed E-state index contributed by atoms with van der Waals surface area (Å²) in [6, 6.07) is 0.429. The highest BCUT2D eigenvalue weighted by Crippen LogP contribution is 2.11. The highest BCUT2D eigenvalue weighted by atomic mass is 16.5. The quantitative estimate of drug-likeness (QED) is 0.765. The van der Waals surface area contributed by atoms with E-state index in [0.29, 0.717) is 6.04 Å². The lowest BCUT2D eigenvalue weighted by Gasteiger charge is -2.32. The molecule has 1 unspecified atom stereocenters. The number of ether oxygens (including phenoxy) is 1. The zero-order valence-electron chi connectivity index (χ0n) is 11.4. The molecule has 1 aliphatic rings. The van der Waals surface area contributed by atoms with E-state index in [1.54, 1.807) is 0 Å². The van der Waals surface area contributed by atoms with Crippen LogP contribution in [0.2, 0.25) is 0 Å². The fraction of sp³-hybridized carbons (Fsp3) is 0.923. The lowest BCUT2D eigenvalue weighted by atomic mass is 10.1. The summed E-state index contributed by atoms with van der Waals surface area (Å²) in [5.41, 5.74) is 0. The summed E-state index contributed by atoms with van der Waals surface area (Å²) >= 11 is 0. The summed E-state index contributed by atoms with van der Waals surface area (Å²) in [4.78, 5) is 13.9. The van der Waals surface area contributed by atoms with Crippen LogP contribution in [0, 0.1) is 0 Å². The Morgan fingerprint density at radius 3 is 2.47 bits per heavy atom. The molecule has 1 saturated heterocycles. The minimum Gasteiger partial charge on any atom is -0.369 e. The van der Waals surface area contributed by atoms with E-state index < -0.39 is 0 Å². The van der Waals surface area contributed by atoms with Gasteiger partial charge in [0.1, 0.15) is 6.61 Å². The number of amides is 1. The lowest BCUT2D eigenvalue weighted by molar-refractivity contribution is -0.127. The first-order chi connectivity index (χ1) is 8.09. The summed E-state index contributed by atoms with van der Waals surface area (Å²) in [5, 5.41) is 2.93. The maximum Gasteiger partial charge on any atom is 0.246 e. The Labute approximate surface area is 105 Å². The molecule has 17 heavy (non-hydrogen) atoms. The van der Waals surface area contributed by atoms with E-state index in [1.165, 1.54) is 32.4 Å². The van der Waals surface area contributed by atoms with Crippen LogP contribution >= 0.6 is 0 Å². The number of likely N-dealkylation sites (tertiary alicyclic amines) is 1. The molecule has 0 aromatic heterocycles. The Balaban J connectivity index is 2.13. The fourth-order valence-electron chi connectivity index (χ4n) is 2.04. The minimum atomic E-state index is -0.0115. The number of hydrogen-bond acceptors (Lipinski definition) is 3. The van der Waals surface area contributed by atoms with Crippen LogP contribution < -0.4 is 5.32 Å². The van der Waals surface area contributed by atoms with Gasteiger partial charge >= 0.3 is 0 Å². The van der Waals surface area contributed by atoms with Gasteiger partial charge in [0.25, 0.3) is 0 Å². The van der Waals surface area contributed by atoms with Crippen molar-refractivity contribution in [2.75, 3.05) is 26.2 Å². The average molecular weight is 242 g/mol. The molecule has 0 aliphatic carbocycles. The molecule has 1 atom stereocenters. The van der Waals surface area contributed by atoms with Gasteiger partial charge in [0.15, 0.2) is 0 Å². The highest BCUT2D eigenvalue weighted by Gasteiger charge is 2.16. The second kappa shape index (κ2) is 7.67. The first-order valence-corrected chi connectivity index (χ1v) is 6.72. The summed E-state index contributed by atoms with van der Waals surface area (Å²) in [5.74, 6) is -0.0115. The molecule has 0 aromatic carbocycles. The van der Waals surface area contributed by atoms with E-state index in [-0.39, 0.29) is 18.6 Å². The molecule has 0 saturated carbocycles. The molecular formula is C13H26N2O2. The van der Waals surface area contributed by atoms with Gasteiger partial charge in [-0.2, -0.15) is 0 Å². The molecule has 4 heteroatoms. The summed E-state index contributed by atoms with van der Waals surface area (Å²) < 4.78 is 5.26. The molecule has 0 aromatic rings. The summed E-state index contributed by atoms with van der Waals surface area (Å²) in [6.45, 7) is 9.27. The van der Waals surface area contributed by atoms with Crippen LogP contribution in [0.1, 0.15) is 40.0 Å². The molecule has 100 valence electrons. The molecule has 4 nitrogen and oxygen atoms in total. The average Bonchev–Trinajstić information content (AvgIpc) is 2.34. The molecule has 1 aliphatic heterocycles. The predicted molar refractivity (Wildman–Crippen MR) is 69.0 cm³/mol.